The molecule has 0 saturated heterocycles. The summed E-state index contributed by atoms with van der Waals surface area (Å²) in [5.41, 5.74) is 6.56. The van der Waals surface area contributed by atoms with Crippen molar-refractivity contribution in [2.45, 2.75) is 38.1 Å². The molecule has 0 aliphatic heterocycles. The molecule has 1 aliphatic rings. The molecule has 0 bridgehead atoms. The molecular formula is C21H22F2N8O. The minimum atomic E-state index is -0.798. The number of fused-ring (bicyclic) bond motifs is 3. The van der Waals surface area contributed by atoms with E-state index >= 15 is 0 Å². The van der Waals surface area contributed by atoms with E-state index in [2.05, 4.69) is 20.2 Å². The smallest absolute Gasteiger partial charge is 0.274 e. The molecule has 32 heavy (non-hydrogen) atoms. The number of aryl methyl sites for hydroxylation is 1. The van der Waals surface area contributed by atoms with Crippen LogP contribution in [0.15, 0.2) is 24.4 Å². The fraction of sp³-hybridized carbons (Fsp3) is 0.381. The van der Waals surface area contributed by atoms with E-state index in [4.69, 9.17) is 5.73 Å². The maximum atomic E-state index is 14.1. The average molecular weight is 440 g/mol. The molecule has 0 unspecified atom stereocenters. The van der Waals surface area contributed by atoms with Crippen molar-refractivity contribution in [1.82, 2.24) is 34.3 Å². The van der Waals surface area contributed by atoms with Gasteiger partial charge in [0.25, 0.3) is 5.91 Å². The maximum Gasteiger partial charge on any atom is 0.274 e. The molecule has 1 saturated carbocycles. The van der Waals surface area contributed by atoms with Crippen molar-refractivity contribution in [3.8, 4) is 0 Å². The van der Waals surface area contributed by atoms with E-state index in [0.29, 0.717) is 30.5 Å². The summed E-state index contributed by atoms with van der Waals surface area (Å²) in [6, 6.07) is 4.13. The van der Waals surface area contributed by atoms with Gasteiger partial charge in [-0.2, -0.15) is 9.61 Å². The Morgan fingerprint density at radius 1 is 1.22 bits per heavy atom. The van der Waals surface area contributed by atoms with Gasteiger partial charge in [0.15, 0.2) is 17.3 Å². The van der Waals surface area contributed by atoms with Crippen LogP contribution < -0.4 is 5.73 Å². The zero-order valence-corrected chi connectivity index (χ0v) is 17.5. The highest BCUT2D eigenvalue weighted by molar-refractivity contribution is 5.93. The fourth-order valence-corrected chi connectivity index (χ4v) is 3.73. The number of anilines is 1. The minimum Gasteiger partial charge on any atom is -0.368 e. The van der Waals surface area contributed by atoms with Crippen molar-refractivity contribution in [1.29, 1.82) is 0 Å². The van der Waals surface area contributed by atoms with Crippen LogP contribution in [0.1, 0.15) is 48.0 Å². The second-order valence-corrected chi connectivity index (χ2v) is 8.11. The molecular weight excluding hydrogens is 418 g/mol. The number of carbonyl (C=O) groups excluding carboxylic acids is 1. The number of benzene rings is 1. The van der Waals surface area contributed by atoms with Gasteiger partial charge in [0, 0.05) is 32.3 Å². The van der Waals surface area contributed by atoms with Gasteiger partial charge >= 0.3 is 0 Å². The van der Waals surface area contributed by atoms with E-state index in [1.54, 1.807) is 18.0 Å². The Morgan fingerprint density at radius 2 is 2.03 bits per heavy atom. The van der Waals surface area contributed by atoms with Crippen LogP contribution >= 0.6 is 0 Å². The van der Waals surface area contributed by atoms with Crippen LogP contribution in [-0.4, -0.2) is 53.8 Å². The summed E-state index contributed by atoms with van der Waals surface area (Å²) in [6.07, 6.45) is 6.07. The average Bonchev–Trinajstić information content (AvgIpc) is 3.32. The Bertz CT molecular complexity index is 1330. The van der Waals surface area contributed by atoms with Crippen molar-refractivity contribution in [2.75, 3.05) is 19.3 Å². The molecule has 1 amide bonds. The third-order valence-corrected chi connectivity index (χ3v) is 5.60. The van der Waals surface area contributed by atoms with Gasteiger partial charge in [-0.15, -0.1) is 5.10 Å². The van der Waals surface area contributed by atoms with Crippen molar-refractivity contribution in [3.63, 3.8) is 0 Å². The van der Waals surface area contributed by atoms with Crippen molar-refractivity contribution >= 4 is 28.4 Å². The first-order valence-corrected chi connectivity index (χ1v) is 10.5. The summed E-state index contributed by atoms with van der Waals surface area (Å²) < 4.78 is 30.9. The first kappa shape index (κ1) is 20.3. The van der Waals surface area contributed by atoms with Crippen LogP contribution in [0.3, 0.4) is 0 Å². The van der Waals surface area contributed by atoms with E-state index in [1.165, 1.54) is 10.6 Å². The number of aromatic nitrogens is 6. The summed E-state index contributed by atoms with van der Waals surface area (Å²) in [5, 5.41) is 8.91. The highest BCUT2D eigenvalue weighted by atomic mass is 19.1. The standard InChI is InChI=1S/C21H22F2N8O/c1-29(20(32)16-7-9-30(27-16)13-5-6-13)8-3-2-4-17-25-19-14-10-12(22)11-15(23)18(14)26-21(24)31(19)28-17/h7,9-11,13H,2-6,8H2,1H3,(H2,24,26). The number of halogens is 2. The molecule has 0 atom stereocenters. The molecule has 1 fully saturated rings. The van der Waals surface area contributed by atoms with E-state index in [1.807, 2.05) is 10.9 Å². The third-order valence-electron chi connectivity index (χ3n) is 5.60. The predicted octanol–water partition coefficient (Wildman–Crippen LogP) is 2.76. The topological polar surface area (TPSA) is 107 Å². The number of unbranched alkanes of at least 4 members (excludes halogenated alkanes) is 1. The summed E-state index contributed by atoms with van der Waals surface area (Å²) in [6.45, 7) is 0.561. The van der Waals surface area contributed by atoms with Gasteiger partial charge in [-0.3, -0.25) is 9.48 Å². The van der Waals surface area contributed by atoms with Gasteiger partial charge in [0.2, 0.25) is 5.95 Å². The molecule has 0 spiro atoms. The Hall–Kier alpha value is -3.63. The Balaban J connectivity index is 1.23. The van der Waals surface area contributed by atoms with E-state index in [0.717, 1.165) is 31.7 Å². The lowest BCUT2D eigenvalue weighted by Gasteiger charge is -2.15. The first-order chi connectivity index (χ1) is 15.4. The Morgan fingerprint density at radius 3 is 2.81 bits per heavy atom. The van der Waals surface area contributed by atoms with Crippen LogP contribution in [0.5, 0.6) is 0 Å². The van der Waals surface area contributed by atoms with E-state index < -0.39 is 11.6 Å². The molecule has 0 radical (unpaired) electrons. The van der Waals surface area contributed by atoms with Crippen molar-refractivity contribution in [2.24, 2.45) is 0 Å². The predicted molar refractivity (Wildman–Crippen MR) is 113 cm³/mol. The summed E-state index contributed by atoms with van der Waals surface area (Å²) in [4.78, 5) is 22.6. The number of nitrogens with two attached hydrogens (primary N) is 1. The zero-order chi connectivity index (χ0) is 22.4. The normalized spacial score (nSPS) is 13.8. The Kier molecular flexibility index (Phi) is 4.95. The maximum absolute atomic E-state index is 14.1. The molecule has 2 N–H and O–H groups in total. The van der Waals surface area contributed by atoms with Crippen molar-refractivity contribution < 1.29 is 13.6 Å². The molecule has 1 aliphatic carbocycles. The lowest BCUT2D eigenvalue weighted by molar-refractivity contribution is 0.0786. The monoisotopic (exact) mass is 440 g/mol. The van der Waals surface area contributed by atoms with Gasteiger partial charge in [-0.1, -0.05) is 0 Å². The molecule has 166 valence electrons. The lowest BCUT2D eigenvalue weighted by Crippen LogP contribution is -2.28. The van der Waals surface area contributed by atoms with E-state index in [9.17, 15) is 13.6 Å². The number of rotatable bonds is 7. The number of amides is 1. The Labute approximate surface area is 181 Å². The number of nitrogen functional groups attached to an aromatic ring is 1. The second kappa shape index (κ2) is 7.81. The van der Waals surface area contributed by atoms with Crippen LogP contribution in [0.2, 0.25) is 0 Å². The molecule has 1 aromatic carbocycles. The molecule has 5 rings (SSSR count). The number of nitrogens with zero attached hydrogens (tertiary/aromatic N) is 7. The molecule has 4 aromatic rings. The lowest BCUT2D eigenvalue weighted by atomic mass is 10.2. The highest BCUT2D eigenvalue weighted by Gasteiger charge is 2.25. The summed E-state index contributed by atoms with van der Waals surface area (Å²) in [5.74, 6) is -1.15. The van der Waals surface area contributed by atoms with Crippen LogP contribution in [0.4, 0.5) is 14.7 Å². The zero-order valence-electron chi connectivity index (χ0n) is 17.5. The van der Waals surface area contributed by atoms with Gasteiger partial charge in [0.05, 0.1) is 11.4 Å². The van der Waals surface area contributed by atoms with Crippen LogP contribution in [0, 0.1) is 11.6 Å². The fourth-order valence-electron chi connectivity index (χ4n) is 3.73. The molecule has 3 aromatic heterocycles. The summed E-state index contributed by atoms with van der Waals surface area (Å²) >= 11 is 0. The van der Waals surface area contributed by atoms with Crippen molar-refractivity contribution in [3.05, 3.63) is 47.5 Å². The number of hydrogen-bond donors (Lipinski definition) is 1. The number of hydrogen-bond acceptors (Lipinski definition) is 6. The summed E-state index contributed by atoms with van der Waals surface area (Å²) in [7, 11) is 1.75. The van der Waals surface area contributed by atoms with Gasteiger partial charge in [-0.05, 0) is 37.8 Å². The minimum absolute atomic E-state index is 0.0206. The first-order valence-electron chi connectivity index (χ1n) is 10.5. The number of carbonyl (C=O) groups is 1. The molecule has 3 heterocycles. The van der Waals surface area contributed by atoms with Gasteiger partial charge in [-0.25, -0.2) is 18.7 Å². The quantitative estimate of drug-likeness (QED) is 0.443. The van der Waals surface area contributed by atoms with Gasteiger partial charge < -0.3 is 10.6 Å². The second-order valence-electron chi connectivity index (χ2n) is 8.11. The highest BCUT2D eigenvalue weighted by Crippen LogP contribution is 2.34. The van der Waals surface area contributed by atoms with Crippen LogP contribution in [0.25, 0.3) is 16.6 Å². The SMILES string of the molecule is CN(CCCCc1nc2c3cc(F)cc(F)c3nc(N)n2n1)C(=O)c1ccn(C2CC2)n1. The third kappa shape index (κ3) is 3.74. The van der Waals surface area contributed by atoms with Crippen LogP contribution in [-0.2, 0) is 6.42 Å². The largest absolute Gasteiger partial charge is 0.368 e. The molecule has 11 heteroatoms. The van der Waals surface area contributed by atoms with E-state index in [-0.39, 0.29) is 28.4 Å². The van der Waals surface area contributed by atoms with Gasteiger partial charge in [0.1, 0.15) is 17.0 Å². The molecule has 9 nitrogen and oxygen atoms in total.